The SMILES string of the molecule is Cc1ccc(C(Cl)c2ccco2)c2ccccc12. The van der Waals surface area contributed by atoms with Crippen LogP contribution in [0.5, 0.6) is 0 Å². The van der Waals surface area contributed by atoms with E-state index in [2.05, 4.69) is 37.3 Å². The maximum absolute atomic E-state index is 6.51. The van der Waals surface area contributed by atoms with E-state index in [-0.39, 0.29) is 5.38 Å². The van der Waals surface area contributed by atoms with Crippen molar-refractivity contribution in [1.82, 2.24) is 0 Å². The van der Waals surface area contributed by atoms with Crippen LogP contribution in [0.4, 0.5) is 0 Å². The van der Waals surface area contributed by atoms with Crippen LogP contribution >= 0.6 is 11.6 Å². The quantitative estimate of drug-likeness (QED) is 0.584. The van der Waals surface area contributed by atoms with Gasteiger partial charge in [0.15, 0.2) is 0 Å². The lowest BCUT2D eigenvalue weighted by Gasteiger charge is -2.12. The van der Waals surface area contributed by atoms with Gasteiger partial charge in [0.1, 0.15) is 11.1 Å². The summed E-state index contributed by atoms with van der Waals surface area (Å²) in [6, 6.07) is 16.3. The summed E-state index contributed by atoms with van der Waals surface area (Å²) in [5.41, 5.74) is 2.35. The van der Waals surface area contributed by atoms with Gasteiger partial charge < -0.3 is 4.42 Å². The topological polar surface area (TPSA) is 13.1 Å². The molecule has 0 N–H and O–H groups in total. The van der Waals surface area contributed by atoms with Crippen LogP contribution in [-0.4, -0.2) is 0 Å². The second-order valence-corrected chi connectivity index (χ2v) is 4.83. The van der Waals surface area contributed by atoms with Crippen molar-refractivity contribution in [3.05, 3.63) is 71.7 Å². The zero-order valence-electron chi connectivity index (χ0n) is 10.1. The third-order valence-electron chi connectivity index (χ3n) is 3.24. The van der Waals surface area contributed by atoms with Gasteiger partial charge in [0.05, 0.1) is 6.26 Å². The lowest BCUT2D eigenvalue weighted by atomic mass is 9.97. The fourth-order valence-electron chi connectivity index (χ4n) is 2.28. The summed E-state index contributed by atoms with van der Waals surface area (Å²) in [5, 5.41) is 2.19. The van der Waals surface area contributed by atoms with Crippen molar-refractivity contribution < 1.29 is 4.42 Å². The fraction of sp³-hybridized carbons (Fsp3) is 0.125. The van der Waals surface area contributed by atoms with Crippen LogP contribution in [-0.2, 0) is 0 Å². The summed E-state index contributed by atoms with van der Waals surface area (Å²) in [5.74, 6) is 0.783. The Morgan fingerprint density at radius 2 is 1.72 bits per heavy atom. The monoisotopic (exact) mass is 256 g/mol. The molecule has 0 saturated carbocycles. The average Bonchev–Trinajstić information content (AvgIpc) is 2.93. The summed E-state index contributed by atoms with van der Waals surface area (Å²) < 4.78 is 5.40. The Hall–Kier alpha value is -1.73. The fourth-order valence-corrected chi connectivity index (χ4v) is 2.60. The molecule has 0 aliphatic carbocycles. The molecular weight excluding hydrogens is 244 g/mol. The molecule has 0 aliphatic heterocycles. The van der Waals surface area contributed by atoms with Gasteiger partial charge >= 0.3 is 0 Å². The van der Waals surface area contributed by atoms with Crippen molar-refractivity contribution >= 4 is 22.4 Å². The van der Waals surface area contributed by atoms with Gasteiger partial charge in [0, 0.05) is 0 Å². The van der Waals surface area contributed by atoms with E-state index >= 15 is 0 Å². The Bertz CT molecular complexity index is 671. The number of hydrogen-bond acceptors (Lipinski definition) is 1. The van der Waals surface area contributed by atoms with Gasteiger partial charge in [-0.15, -0.1) is 11.6 Å². The molecule has 0 spiro atoms. The van der Waals surface area contributed by atoms with Crippen LogP contribution in [0.1, 0.15) is 22.3 Å². The van der Waals surface area contributed by atoms with Crippen LogP contribution in [0, 0.1) is 6.92 Å². The summed E-state index contributed by atoms with van der Waals surface area (Å²) in [7, 11) is 0. The standard InChI is InChI=1S/C16H13ClO/c1-11-8-9-14(13-6-3-2-5-12(11)13)16(17)15-7-4-10-18-15/h2-10,16H,1H3. The predicted octanol–water partition coefficient (Wildman–Crippen LogP) is 5.07. The highest BCUT2D eigenvalue weighted by Gasteiger charge is 2.16. The molecule has 0 radical (unpaired) electrons. The van der Waals surface area contributed by atoms with Gasteiger partial charge in [-0.2, -0.15) is 0 Å². The van der Waals surface area contributed by atoms with E-state index in [1.165, 1.54) is 16.3 Å². The average molecular weight is 257 g/mol. The molecule has 0 bridgehead atoms. The molecule has 3 rings (SSSR count). The molecule has 1 atom stereocenters. The molecule has 18 heavy (non-hydrogen) atoms. The molecule has 1 nitrogen and oxygen atoms in total. The van der Waals surface area contributed by atoms with Crippen molar-refractivity contribution in [1.29, 1.82) is 0 Å². The van der Waals surface area contributed by atoms with Gasteiger partial charge in [-0.05, 0) is 41.0 Å². The first-order chi connectivity index (χ1) is 8.77. The number of halogens is 1. The van der Waals surface area contributed by atoms with E-state index in [0.717, 1.165) is 11.3 Å². The summed E-state index contributed by atoms with van der Waals surface area (Å²) >= 11 is 6.51. The zero-order chi connectivity index (χ0) is 12.5. The lowest BCUT2D eigenvalue weighted by molar-refractivity contribution is 0.517. The molecular formula is C16H13ClO. The number of fused-ring (bicyclic) bond motifs is 1. The summed E-state index contributed by atoms with van der Waals surface area (Å²) in [6.07, 6.45) is 1.65. The molecule has 0 saturated heterocycles. The second kappa shape index (κ2) is 4.51. The first kappa shape index (κ1) is 11.4. The molecule has 2 aromatic carbocycles. The van der Waals surface area contributed by atoms with Crippen molar-refractivity contribution in [2.75, 3.05) is 0 Å². The normalized spacial score (nSPS) is 12.8. The number of alkyl halides is 1. The van der Waals surface area contributed by atoms with Gasteiger partial charge in [-0.1, -0.05) is 36.4 Å². The van der Waals surface area contributed by atoms with Crippen LogP contribution in [0.3, 0.4) is 0 Å². The minimum atomic E-state index is -0.245. The lowest BCUT2D eigenvalue weighted by Crippen LogP contribution is -1.94. The highest BCUT2D eigenvalue weighted by molar-refractivity contribution is 6.23. The molecule has 0 aliphatic rings. The van der Waals surface area contributed by atoms with E-state index in [1.807, 2.05) is 18.2 Å². The third-order valence-corrected chi connectivity index (χ3v) is 3.69. The Balaban J connectivity index is 2.21. The minimum Gasteiger partial charge on any atom is -0.467 e. The Labute approximate surface area is 111 Å². The molecule has 90 valence electrons. The van der Waals surface area contributed by atoms with Crippen LogP contribution in [0.2, 0.25) is 0 Å². The highest BCUT2D eigenvalue weighted by Crippen LogP contribution is 2.34. The number of rotatable bonds is 2. The Morgan fingerprint density at radius 1 is 0.944 bits per heavy atom. The Morgan fingerprint density at radius 3 is 2.44 bits per heavy atom. The number of furan rings is 1. The third kappa shape index (κ3) is 1.81. The van der Waals surface area contributed by atoms with Crippen molar-refractivity contribution in [2.45, 2.75) is 12.3 Å². The Kier molecular flexibility index (Phi) is 2.85. The molecule has 1 heterocycles. The van der Waals surface area contributed by atoms with Gasteiger partial charge in [0.2, 0.25) is 0 Å². The maximum atomic E-state index is 6.51. The van der Waals surface area contributed by atoms with Crippen LogP contribution in [0.25, 0.3) is 10.8 Å². The molecule has 2 heteroatoms. The van der Waals surface area contributed by atoms with Crippen LogP contribution in [0.15, 0.2) is 59.2 Å². The first-order valence-corrected chi connectivity index (χ1v) is 6.37. The van der Waals surface area contributed by atoms with E-state index in [9.17, 15) is 0 Å². The number of aryl methyl sites for hydroxylation is 1. The number of hydrogen-bond donors (Lipinski definition) is 0. The van der Waals surface area contributed by atoms with E-state index in [4.69, 9.17) is 16.0 Å². The smallest absolute Gasteiger partial charge is 0.126 e. The minimum absolute atomic E-state index is 0.245. The molecule has 1 aromatic heterocycles. The van der Waals surface area contributed by atoms with Crippen molar-refractivity contribution in [3.8, 4) is 0 Å². The predicted molar refractivity (Wildman–Crippen MR) is 75.1 cm³/mol. The zero-order valence-corrected chi connectivity index (χ0v) is 10.8. The summed E-state index contributed by atoms with van der Waals surface area (Å²) in [4.78, 5) is 0. The molecule has 0 amide bonds. The summed E-state index contributed by atoms with van der Waals surface area (Å²) in [6.45, 7) is 2.11. The van der Waals surface area contributed by atoms with E-state index in [1.54, 1.807) is 6.26 Å². The second-order valence-electron chi connectivity index (χ2n) is 4.40. The van der Waals surface area contributed by atoms with E-state index < -0.39 is 0 Å². The van der Waals surface area contributed by atoms with Crippen LogP contribution < -0.4 is 0 Å². The highest BCUT2D eigenvalue weighted by atomic mass is 35.5. The maximum Gasteiger partial charge on any atom is 0.126 e. The van der Waals surface area contributed by atoms with Gasteiger partial charge in [-0.3, -0.25) is 0 Å². The largest absolute Gasteiger partial charge is 0.467 e. The van der Waals surface area contributed by atoms with E-state index in [0.29, 0.717) is 0 Å². The molecule has 0 fully saturated rings. The molecule has 1 unspecified atom stereocenters. The van der Waals surface area contributed by atoms with Gasteiger partial charge in [0.25, 0.3) is 0 Å². The van der Waals surface area contributed by atoms with Gasteiger partial charge in [-0.25, -0.2) is 0 Å². The number of benzene rings is 2. The first-order valence-electron chi connectivity index (χ1n) is 5.93. The van der Waals surface area contributed by atoms with Crippen molar-refractivity contribution in [3.63, 3.8) is 0 Å². The molecule has 3 aromatic rings. The van der Waals surface area contributed by atoms with Crippen molar-refractivity contribution in [2.24, 2.45) is 0 Å².